The van der Waals surface area contributed by atoms with Gasteiger partial charge in [-0.2, -0.15) is 0 Å². The van der Waals surface area contributed by atoms with E-state index in [0.29, 0.717) is 6.54 Å². The summed E-state index contributed by atoms with van der Waals surface area (Å²) in [6.45, 7) is 4.17. The van der Waals surface area contributed by atoms with Gasteiger partial charge in [0.05, 0.1) is 6.61 Å². The van der Waals surface area contributed by atoms with Crippen molar-refractivity contribution in [2.45, 2.75) is 38.8 Å². The Morgan fingerprint density at radius 2 is 1.96 bits per heavy atom. The normalized spacial score (nSPS) is 17.8. The molecule has 2 N–H and O–H groups in total. The first kappa shape index (κ1) is 17.1. The van der Waals surface area contributed by atoms with Gasteiger partial charge in [-0.15, -0.1) is 0 Å². The summed E-state index contributed by atoms with van der Waals surface area (Å²) >= 11 is 0. The van der Waals surface area contributed by atoms with Crippen LogP contribution in [0.2, 0.25) is 0 Å². The van der Waals surface area contributed by atoms with Crippen molar-refractivity contribution in [1.82, 2.24) is 4.90 Å². The van der Waals surface area contributed by atoms with Crippen molar-refractivity contribution in [3.8, 4) is 5.75 Å². The number of fused-ring (bicyclic) bond motifs is 1. The number of carbonyl (C=O) groups excluding carboxylic acids is 1. The van der Waals surface area contributed by atoms with Gasteiger partial charge in [0, 0.05) is 24.7 Å². The first-order valence-corrected chi connectivity index (χ1v) is 9.49. The molecule has 4 heteroatoms. The molecule has 0 saturated heterocycles. The molecular formula is C22H26N2O2. The van der Waals surface area contributed by atoms with Crippen LogP contribution in [0.25, 0.3) is 0 Å². The summed E-state index contributed by atoms with van der Waals surface area (Å²) in [5.41, 5.74) is 10.1. The molecule has 136 valence electrons. The molecule has 2 aromatic rings. The number of hydrogen-bond acceptors (Lipinski definition) is 3. The van der Waals surface area contributed by atoms with E-state index in [2.05, 4.69) is 18.2 Å². The highest BCUT2D eigenvalue weighted by atomic mass is 16.5. The van der Waals surface area contributed by atoms with Crippen LogP contribution in [0.4, 0.5) is 0 Å². The smallest absolute Gasteiger partial charge is 0.254 e. The maximum absolute atomic E-state index is 12.8. The lowest BCUT2D eigenvalue weighted by atomic mass is 9.94. The Labute approximate surface area is 155 Å². The number of hydrogen-bond donors (Lipinski definition) is 1. The van der Waals surface area contributed by atoms with Crippen molar-refractivity contribution in [2.24, 2.45) is 11.7 Å². The highest BCUT2D eigenvalue weighted by Crippen LogP contribution is 2.29. The molecule has 2 aromatic carbocycles. The molecule has 1 saturated carbocycles. The van der Waals surface area contributed by atoms with Crippen molar-refractivity contribution < 1.29 is 9.53 Å². The van der Waals surface area contributed by atoms with Gasteiger partial charge < -0.3 is 15.4 Å². The highest BCUT2D eigenvalue weighted by molar-refractivity contribution is 5.96. The Morgan fingerprint density at radius 1 is 1.19 bits per heavy atom. The fraction of sp³-hybridized carbons (Fsp3) is 0.409. The molecule has 2 aliphatic rings. The molecule has 1 heterocycles. The summed E-state index contributed by atoms with van der Waals surface area (Å²) in [4.78, 5) is 14.7. The maximum atomic E-state index is 12.8. The zero-order chi connectivity index (χ0) is 18.1. The van der Waals surface area contributed by atoms with Crippen LogP contribution in [0.15, 0.2) is 42.5 Å². The first-order valence-electron chi connectivity index (χ1n) is 9.49. The number of carbonyl (C=O) groups is 1. The van der Waals surface area contributed by atoms with Crippen molar-refractivity contribution in [2.75, 3.05) is 13.2 Å². The van der Waals surface area contributed by atoms with Crippen LogP contribution in [0.1, 0.15) is 52.9 Å². The largest absolute Gasteiger partial charge is 0.493 e. The SMILES string of the molecule is CC(N)c1ccc2c(c1)CCN(Cc1ccc(OCC3CC3)cc1)C2=O. The van der Waals surface area contributed by atoms with Gasteiger partial charge in [0.15, 0.2) is 0 Å². The minimum atomic E-state index is -0.00548. The molecule has 26 heavy (non-hydrogen) atoms. The second-order valence-electron chi connectivity index (χ2n) is 7.58. The van der Waals surface area contributed by atoms with E-state index in [4.69, 9.17) is 10.5 Å². The number of nitrogens with zero attached hydrogens (tertiary/aromatic N) is 1. The molecule has 0 bridgehead atoms. The minimum absolute atomic E-state index is 0.00548. The van der Waals surface area contributed by atoms with E-state index < -0.39 is 0 Å². The third-order valence-electron chi connectivity index (χ3n) is 5.30. The van der Waals surface area contributed by atoms with Gasteiger partial charge in [0.2, 0.25) is 0 Å². The Hall–Kier alpha value is -2.33. The monoisotopic (exact) mass is 350 g/mol. The molecule has 1 unspecified atom stereocenters. The molecule has 0 aromatic heterocycles. The van der Waals surface area contributed by atoms with Crippen LogP contribution in [0.5, 0.6) is 5.75 Å². The molecule has 1 fully saturated rings. The molecule has 1 atom stereocenters. The lowest BCUT2D eigenvalue weighted by Gasteiger charge is -2.29. The van der Waals surface area contributed by atoms with Crippen molar-refractivity contribution >= 4 is 5.91 Å². The van der Waals surface area contributed by atoms with Crippen molar-refractivity contribution in [3.63, 3.8) is 0 Å². The second-order valence-corrected chi connectivity index (χ2v) is 7.58. The number of rotatable bonds is 6. The summed E-state index contributed by atoms with van der Waals surface area (Å²) in [6.07, 6.45) is 3.47. The highest BCUT2D eigenvalue weighted by Gasteiger charge is 2.25. The standard InChI is InChI=1S/C22H26N2O2/c1-15(23)18-6-9-21-19(12-18)10-11-24(22(21)25)13-16-4-7-20(8-5-16)26-14-17-2-3-17/h4-9,12,15,17H,2-3,10-11,13-14,23H2,1H3. The third-order valence-corrected chi connectivity index (χ3v) is 5.30. The Kier molecular flexibility index (Phi) is 4.68. The number of benzene rings is 2. The van der Waals surface area contributed by atoms with E-state index in [0.717, 1.165) is 53.5 Å². The Balaban J connectivity index is 1.41. The van der Waals surface area contributed by atoms with Gasteiger partial charge in [-0.05, 0) is 67.0 Å². The molecule has 1 aliphatic heterocycles. The van der Waals surface area contributed by atoms with Crippen LogP contribution in [-0.2, 0) is 13.0 Å². The summed E-state index contributed by atoms with van der Waals surface area (Å²) in [5, 5.41) is 0. The zero-order valence-electron chi connectivity index (χ0n) is 15.3. The fourth-order valence-corrected chi connectivity index (χ4v) is 3.40. The quantitative estimate of drug-likeness (QED) is 0.864. The minimum Gasteiger partial charge on any atom is -0.493 e. The molecule has 1 aliphatic carbocycles. The topological polar surface area (TPSA) is 55.6 Å². The predicted octanol–water partition coefficient (Wildman–Crippen LogP) is 3.69. The Morgan fingerprint density at radius 3 is 2.65 bits per heavy atom. The summed E-state index contributed by atoms with van der Waals surface area (Å²) < 4.78 is 5.78. The summed E-state index contributed by atoms with van der Waals surface area (Å²) in [5.74, 6) is 1.78. The maximum Gasteiger partial charge on any atom is 0.254 e. The fourth-order valence-electron chi connectivity index (χ4n) is 3.40. The van der Waals surface area contributed by atoms with Gasteiger partial charge in [0.25, 0.3) is 5.91 Å². The van der Waals surface area contributed by atoms with E-state index in [1.54, 1.807) is 0 Å². The average Bonchev–Trinajstić information content (AvgIpc) is 3.47. The molecule has 0 radical (unpaired) electrons. The van der Waals surface area contributed by atoms with Crippen molar-refractivity contribution in [3.05, 3.63) is 64.7 Å². The molecule has 1 amide bonds. The third kappa shape index (κ3) is 3.75. The van der Waals surface area contributed by atoms with E-state index in [1.807, 2.05) is 36.1 Å². The van der Waals surface area contributed by atoms with Gasteiger partial charge in [-0.1, -0.05) is 24.3 Å². The number of nitrogens with two attached hydrogens (primary N) is 1. The van der Waals surface area contributed by atoms with Gasteiger partial charge in [-0.3, -0.25) is 4.79 Å². The lowest BCUT2D eigenvalue weighted by molar-refractivity contribution is 0.0727. The van der Waals surface area contributed by atoms with Gasteiger partial charge in [0.1, 0.15) is 5.75 Å². The van der Waals surface area contributed by atoms with E-state index in [9.17, 15) is 4.79 Å². The Bertz CT molecular complexity index is 794. The number of ether oxygens (including phenoxy) is 1. The predicted molar refractivity (Wildman–Crippen MR) is 102 cm³/mol. The van der Waals surface area contributed by atoms with Crippen molar-refractivity contribution in [1.29, 1.82) is 0 Å². The van der Waals surface area contributed by atoms with Crippen LogP contribution >= 0.6 is 0 Å². The summed E-state index contributed by atoms with van der Waals surface area (Å²) in [7, 11) is 0. The molecule has 4 rings (SSSR count). The second kappa shape index (κ2) is 7.12. The molecule has 0 spiro atoms. The van der Waals surface area contributed by atoms with E-state index in [-0.39, 0.29) is 11.9 Å². The van der Waals surface area contributed by atoms with E-state index >= 15 is 0 Å². The molecule has 4 nitrogen and oxygen atoms in total. The lowest BCUT2D eigenvalue weighted by Crippen LogP contribution is -2.37. The number of amides is 1. The zero-order valence-corrected chi connectivity index (χ0v) is 15.3. The first-order chi connectivity index (χ1) is 12.6. The summed E-state index contributed by atoms with van der Waals surface area (Å²) in [6, 6.07) is 14.1. The molecular weight excluding hydrogens is 324 g/mol. The van der Waals surface area contributed by atoms with Gasteiger partial charge in [-0.25, -0.2) is 0 Å². The van der Waals surface area contributed by atoms with Crippen LogP contribution in [0, 0.1) is 5.92 Å². The van der Waals surface area contributed by atoms with Crippen LogP contribution in [0.3, 0.4) is 0 Å². The van der Waals surface area contributed by atoms with Crippen LogP contribution < -0.4 is 10.5 Å². The van der Waals surface area contributed by atoms with E-state index in [1.165, 1.54) is 12.8 Å². The van der Waals surface area contributed by atoms with Gasteiger partial charge >= 0.3 is 0 Å². The van der Waals surface area contributed by atoms with Crippen LogP contribution in [-0.4, -0.2) is 24.0 Å². The average molecular weight is 350 g/mol.